The van der Waals surface area contributed by atoms with Gasteiger partial charge in [0.05, 0.1) is 13.7 Å². The largest absolute Gasteiger partial charge is 0.497 e. The maximum absolute atomic E-state index is 9.19. The molecule has 2 aromatic carbocycles. The highest BCUT2D eigenvalue weighted by Crippen LogP contribution is 2.28. The molecule has 2 rings (SSSR count). The van der Waals surface area contributed by atoms with E-state index in [1.807, 2.05) is 31.2 Å². The zero-order valence-electron chi connectivity index (χ0n) is 11.0. The number of rotatable bonds is 3. The van der Waals surface area contributed by atoms with E-state index < -0.39 is 0 Å². The predicted octanol–water partition coefficient (Wildman–Crippen LogP) is 3.47. The Hall–Kier alpha value is -1.80. The Labute approximate surface area is 108 Å². The molecule has 2 nitrogen and oxygen atoms in total. The first-order valence-electron chi connectivity index (χ1n) is 6.01. The summed E-state index contributed by atoms with van der Waals surface area (Å²) < 4.78 is 5.21. The fraction of sp³-hybridized carbons (Fsp3) is 0.250. The highest BCUT2D eigenvalue weighted by molar-refractivity contribution is 5.69. The number of aryl methyl sites for hydroxylation is 2. The van der Waals surface area contributed by atoms with Crippen LogP contribution in [0.4, 0.5) is 0 Å². The first-order chi connectivity index (χ1) is 8.65. The second-order valence-electron chi connectivity index (χ2n) is 4.48. The van der Waals surface area contributed by atoms with E-state index in [2.05, 4.69) is 19.1 Å². The Morgan fingerprint density at radius 3 is 2.33 bits per heavy atom. The van der Waals surface area contributed by atoms with Crippen LogP contribution in [0.2, 0.25) is 0 Å². The summed E-state index contributed by atoms with van der Waals surface area (Å²) in [5.74, 6) is 0.875. The minimum Gasteiger partial charge on any atom is -0.497 e. The van der Waals surface area contributed by atoms with Crippen LogP contribution in [0.1, 0.15) is 16.7 Å². The zero-order valence-corrected chi connectivity index (χ0v) is 11.0. The van der Waals surface area contributed by atoms with Crippen molar-refractivity contribution in [2.75, 3.05) is 7.11 Å². The lowest BCUT2D eigenvalue weighted by Crippen LogP contribution is -1.91. The molecule has 0 aliphatic carbocycles. The fourth-order valence-corrected chi connectivity index (χ4v) is 2.13. The van der Waals surface area contributed by atoms with Crippen molar-refractivity contribution in [1.82, 2.24) is 0 Å². The third-order valence-corrected chi connectivity index (χ3v) is 3.26. The summed E-state index contributed by atoms with van der Waals surface area (Å²) in [4.78, 5) is 0. The Bertz CT molecular complexity index is 559. The Morgan fingerprint density at radius 2 is 1.78 bits per heavy atom. The van der Waals surface area contributed by atoms with Crippen LogP contribution in [0.25, 0.3) is 11.1 Å². The number of hydrogen-bond donors (Lipinski definition) is 1. The van der Waals surface area contributed by atoms with E-state index in [4.69, 9.17) is 4.74 Å². The summed E-state index contributed by atoms with van der Waals surface area (Å²) in [5, 5.41) is 9.19. The van der Waals surface area contributed by atoms with Crippen LogP contribution in [-0.4, -0.2) is 12.2 Å². The van der Waals surface area contributed by atoms with Crippen molar-refractivity contribution in [2.45, 2.75) is 20.5 Å². The summed E-state index contributed by atoms with van der Waals surface area (Å²) in [5.41, 5.74) is 5.65. The van der Waals surface area contributed by atoms with E-state index in [-0.39, 0.29) is 6.61 Å². The SMILES string of the molecule is COc1ccc(-c2ccc(CO)c(C)c2)c(C)c1. The third kappa shape index (κ3) is 2.39. The lowest BCUT2D eigenvalue weighted by Gasteiger charge is -2.10. The fourth-order valence-electron chi connectivity index (χ4n) is 2.13. The molecule has 0 heterocycles. The molecular formula is C16H18O2. The maximum Gasteiger partial charge on any atom is 0.119 e. The molecule has 0 aliphatic heterocycles. The second-order valence-corrected chi connectivity index (χ2v) is 4.48. The van der Waals surface area contributed by atoms with Crippen molar-refractivity contribution in [2.24, 2.45) is 0 Å². The van der Waals surface area contributed by atoms with Gasteiger partial charge in [0, 0.05) is 0 Å². The Morgan fingerprint density at radius 1 is 1.00 bits per heavy atom. The van der Waals surface area contributed by atoms with Gasteiger partial charge in [-0.2, -0.15) is 0 Å². The zero-order chi connectivity index (χ0) is 13.1. The Kier molecular flexibility index (Phi) is 3.68. The molecule has 0 fully saturated rings. The first-order valence-corrected chi connectivity index (χ1v) is 6.01. The molecule has 94 valence electrons. The van der Waals surface area contributed by atoms with Crippen molar-refractivity contribution in [3.63, 3.8) is 0 Å². The molecule has 1 N–H and O–H groups in total. The van der Waals surface area contributed by atoms with E-state index in [9.17, 15) is 5.11 Å². The highest BCUT2D eigenvalue weighted by atomic mass is 16.5. The number of benzene rings is 2. The van der Waals surface area contributed by atoms with E-state index in [0.717, 1.165) is 16.9 Å². The number of hydrogen-bond acceptors (Lipinski definition) is 2. The van der Waals surface area contributed by atoms with Crippen molar-refractivity contribution in [3.05, 3.63) is 53.1 Å². The average molecular weight is 242 g/mol. The van der Waals surface area contributed by atoms with Crippen LogP contribution in [0.5, 0.6) is 5.75 Å². The maximum atomic E-state index is 9.19. The van der Waals surface area contributed by atoms with Gasteiger partial charge < -0.3 is 9.84 Å². The van der Waals surface area contributed by atoms with Gasteiger partial charge in [0.1, 0.15) is 5.75 Å². The van der Waals surface area contributed by atoms with E-state index in [1.54, 1.807) is 7.11 Å². The van der Waals surface area contributed by atoms with Gasteiger partial charge in [0.2, 0.25) is 0 Å². The van der Waals surface area contributed by atoms with Gasteiger partial charge in [0.15, 0.2) is 0 Å². The lowest BCUT2D eigenvalue weighted by molar-refractivity contribution is 0.281. The van der Waals surface area contributed by atoms with E-state index >= 15 is 0 Å². The van der Waals surface area contributed by atoms with Crippen molar-refractivity contribution >= 4 is 0 Å². The summed E-state index contributed by atoms with van der Waals surface area (Å²) in [6.07, 6.45) is 0. The topological polar surface area (TPSA) is 29.5 Å². The highest BCUT2D eigenvalue weighted by Gasteiger charge is 2.05. The summed E-state index contributed by atoms with van der Waals surface area (Å²) in [6.45, 7) is 4.19. The molecular weight excluding hydrogens is 224 g/mol. The molecule has 2 aromatic rings. The molecule has 0 spiro atoms. The smallest absolute Gasteiger partial charge is 0.119 e. The van der Waals surface area contributed by atoms with Crippen molar-refractivity contribution in [1.29, 1.82) is 0 Å². The van der Waals surface area contributed by atoms with Crippen LogP contribution in [0, 0.1) is 13.8 Å². The van der Waals surface area contributed by atoms with Crippen molar-refractivity contribution in [3.8, 4) is 16.9 Å². The number of aliphatic hydroxyl groups is 1. The molecule has 0 radical (unpaired) electrons. The molecule has 0 aromatic heterocycles. The van der Waals surface area contributed by atoms with Gasteiger partial charge in [-0.1, -0.05) is 24.3 Å². The van der Waals surface area contributed by atoms with Gasteiger partial charge in [-0.25, -0.2) is 0 Å². The van der Waals surface area contributed by atoms with Crippen LogP contribution in [-0.2, 0) is 6.61 Å². The molecule has 0 atom stereocenters. The quantitative estimate of drug-likeness (QED) is 0.893. The molecule has 0 saturated heterocycles. The van der Waals surface area contributed by atoms with Gasteiger partial charge in [-0.3, -0.25) is 0 Å². The van der Waals surface area contributed by atoms with Crippen LogP contribution in [0.3, 0.4) is 0 Å². The number of ether oxygens (including phenoxy) is 1. The molecule has 18 heavy (non-hydrogen) atoms. The van der Waals surface area contributed by atoms with Crippen LogP contribution < -0.4 is 4.74 Å². The molecule has 0 unspecified atom stereocenters. The minimum absolute atomic E-state index is 0.0910. The normalized spacial score (nSPS) is 10.4. The van der Waals surface area contributed by atoms with Crippen molar-refractivity contribution < 1.29 is 9.84 Å². The molecule has 2 heteroatoms. The minimum atomic E-state index is 0.0910. The van der Waals surface area contributed by atoms with Crippen LogP contribution in [0.15, 0.2) is 36.4 Å². The average Bonchev–Trinajstić information content (AvgIpc) is 2.38. The first kappa shape index (κ1) is 12.7. The predicted molar refractivity (Wildman–Crippen MR) is 73.8 cm³/mol. The second kappa shape index (κ2) is 5.23. The van der Waals surface area contributed by atoms with Gasteiger partial charge in [-0.05, 0) is 53.8 Å². The monoisotopic (exact) mass is 242 g/mol. The van der Waals surface area contributed by atoms with E-state index in [1.165, 1.54) is 16.7 Å². The molecule has 0 bridgehead atoms. The molecule has 0 aliphatic rings. The molecule has 0 saturated carbocycles. The number of aliphatic hydroxyl groups excluding tert-OH is 1. The number of methoxy groups -OCH3 is 1. The summed E-state index contributed by atoms with van der Waals surface area (Å²) in [7, 11) is 1.68. The van der Waals surface area contributed by atoms with Gasteiger partial charge in [0.25, 0.3) is 0 Å². The van der Waals surface area contributed by atoms with Gasteiger partial charge >= 0.3 is 0 Å². The standard InChI is InChI=1S/C16H18O2/c1-11-8-13(4-5-14(11)10-17)16-7-6-15(18-3)9-12(16)2/h4-9,17H,10H2,1-3H3. The summed E-state index contributed by atoms with van der Waals surface area (Å²) in [6, 6.07) is 12.2. The van der Waals surface area contributed by atoms with Gasteiger partial charge in [-0.15, -0.1) is 0 Å². The lowest BCUT2D eigenvalue weighted by atomic mass is 9.97. The summed E-state index contributed by atoms with van der Waals surface area (Å²) >= 11 is 0. The molecule has 0 amide bonds. The van der Waals surface area contributed by atoms with Crippen LogP contribution >= 0.6 is 0 Å². The van der Waals surface area contributed by atoms with E-state index in [0.29, 0.717) is 0 Å². The Balaban J connectivity index is 2.45. The third-order valence-electron chi connectivity index (χ3n) is 3.26.